The van der Waals surface area contributed by atoms with Gasteiger partial charge in [-0.25, -0.2) is 0 Å². The summed E-state index contributed by atoms with van der Waals surface area (Å²) in [4.78, 5) is 24.7. The van der Waals surface area contributed by atoms with Crippen molar-refractivity contribution in [1.82, 2.24) is 0 Å². The first kappa shape index (κ1) is 19.9. The van der Waals surface area contributed by atoms with E-state index in [1.54, 1.807) is 74.7 Å². The van der Waals surface area contributed by atoms with E-state index in [9.17, 15) is 9.59 Å². The molecule has 2 N–H and O–H groups in total. The minimum atomic E-state index is -0.657. The van der Waals surface area contributed by atoms with Gasteiger partial charge in [-0.2, -0.15) is 0 Å². The number of amides is 2. The van der Waals surface area contributed by atoms with Crippen LogP contribution in [0.5, 0.6) is 11.5 Å². The van der Waals surface area contributed by atoms with Crippen LogP contribution in [0.3, 0.4) is 0 Å². The van der Waals surface area contributed by atoms with Crippen molar-refractivity contribution in [1.29, 1.82) is 0 Å². The summed E-state index contributed by atoms with van der Waals surface area (Å²) >= 11 is 0. The van der Waals surface area contributed by atoms with Crippen LogP contribution in [0.1, 0.15) is 17.3 Å². The second-order valence-electron chi connectivity index (χ2n) is 6.32. The van der Waals surface area contributed by atoms with Gasteiger partial charge < -0.3 is 20.1 Å². The van der Waals surface area contributed by atoms with Gasteiger partial charge in [0.15, 0.2) is 6.10 Å². The third-order valence-electron chi connectivity index (χ3n) is 4.19. The number of hydrogen-bond acceptors (Lipinski definition) is 4. The van der Waals surface area contributed by atoms with Crippen molar-refractivity contribution in [3.8, 4) is 11.5 Å². The molecule has 0 heterocycles. The Hall–Kier alpha value is -3.80. The monoisotopic (exact) mass is 390 g/mol. The molecule has 0 aliphatic carbocycles. The Labute approximate surface area is 169 Å². The lowest BCUT2D eigenvalue weighted by Gasteiger charge is -2.15. The Balaban J connectivity index is 1.56. The molecule has 0 aromatic heterocycles. The lowest BCUT2D eigenvalue weighted by Crippen LogP contribution is -2.30. The summed E-state index contributed by atoms with van der Waals surface area (Å²) in [6.45, 7) is 1.68. The van der Waals surface area contributed by atoms with E-state index in [0.29, 0.717) is 28.4 Å². The second-order valence-corrected chi connectivity index (χ2v) is 6.32. The van der Waals surface area contributed by atoms with Crippen LogP contribution >= 0.6 is 0 Å². The first-order chi connectivity index (χ1) is 14.0. The first-order valence-electron chi connectivity index (χ1n) is 9.13. The maximum atomic E-state index is 12.4. The molecule has 29 heavy (non-hydrogen) atoms. The van der Waals surface area contributed by atoms with Gasteiger partial charge in [-0.05, 0) is 67.6 Å². The molecular weight excluding hydrogens is 368 g/mol. The van der Waals surface area contributed by atoms with Crippen LogP contribution in [0.2, 0.25) is 0 Å². The van der Waals surface area contributed by atoms with E-state index in [1.165, 1.54) is 0 Å². The van der Waals surface area contributed by atoms with Gasteiger partial charge in [0.25, 0.3) is 11.8 Å². The normalized spacial score (nSPS) is 11.2. The number of carbonyl (C=O) groups excluding carboxylic acids is 2. The molecule has 0 aliphatic heterocycles. The number of methoxy groups -OCH3 is 1. The molecule has 0 fully saturated rings. The maximum absolute atomic E-state index is 12.4. The molecule has 0 saturated heterocycles. The number of para-hydroxylation sites is 1. The highest BCUT2D eigenvalue weighted by Gasteiger charge is 2.15. The van der Waals surface area contributed by atoms with Crippen molar-refractivity contribution in [2.45, 2.75) is 13.0 Å². The van der Waals surface area contributed by atoms with E-state index in [-0.39, 0.29) is 11.8 Å². The van der Waals surface area contributed by atoms with E-state index in [1.807, 2.05) is 18.2 Å². The summed E-state index contributed by atoms with van der Waals surface area (Å²) in [5.74, 6) is 0.826. The Morgan fingerprint density at radius 3 is 1.97 bits per heavy atom. The van der Waals surface area contributed by atoms with E-state index in [2.05, 4.69) is 10.6 Å². The molecule has 148 valence electrons. The highest BCUT2D eigenvalue weighted by atomic mass is 16.5. The zero-order valence-corrected chi connectivity index (χ0v) is 16.2. The number of ether oxygens (including phenoxy) is 2. The fraction of sp³-hybridized carbons (Fsp3) is 0.130. The van der Waals surface area contributed by atoms with Gasteiger partial charge in [0.1, 0.15) is 11.5 Å². The average Bonchev–Trinajstić information content (AvgIpc) is 2.75. The van der Waals surface area contributed by atoms with Gasteiger partial charge in [0.05, 0.1) is 7.11 Å². The fourth-order valence-corrected chi connectivity index (χ4v) is 2.58. The molecular formula is C23H22N2O4. The molecule has 0 unspecified atom stereocenters. The molecule has 0 bridgehead atoms. The minimum Gasteiger partial charge on any atom is -0.497 e. The quantitative estimate of drug-likeness (QED) is 0.629. The van der Waals surface area contributed by atoms with Crippen LogP contribution in [-0.4, -0.2) is 25.0 Å². The van der Waals surface area contributed by atoms with Crippen LogP contribution in [-0.2, 0) is 4.79 Å². The molecule has 2 amide bonds. The van der Waals surface area contributed by atoms with Crippen LogP contribution in [0.15, 0.2) is 78.9 Å². The standard InChI is InChI=1S/C23H22N2O4/c1-16(29-21-6-4-3-5-7-21)22(26)24-18-10-8-17(9-11-18)23(27)25-19-12-14-20(28-2)15-13-19/h3-16H,1-2H3,(H,24,26)(H,25,27)/t16-/m1/s1. The molecule has 3 rings (SSSR count). The summed E-state index contributed by atoms with van der Waals surface area (Å²) < 4.78 is 10.7. The van der Waals surface area contributed by atoms with Gasteiger partial charge in [0, 0.05) is 16.9 Å². The van der Waals surface area contributed by atoms with Gasteiger partial charge >= 0.3 is 0 Å². The van der Waals surface area contributed by atoms with Gasteiger partial charge in [-0.15, -0.1) is 0 Å². The van der Waals surface area contributed by atoms with Crippen molar-refractivity contribution in [3.05, 3.63) is 84.4 Å². The van der Waals surface area contributed by atoms with Crippen LogP contribution in [0.25, 0.3) is 0 Å². The van der Waals surface area contributed by atoms with E-state index >= 15 is 0 Å². The lowest BCUT2D eigenvalue weighted by molar-refractivity contribution is -0.122. The summed E-state index contributed by atoms with van der Waals surface area (Å²) in [6.07, 6.45) is -0.657. The van der Waals surface area contributed by atoms with E-state index < -0.39 is 6.10 Å². The van der Waals surface area contributed by atoms with Crippen LogP contribution in [0.4, 0.5) is 11.4 Å². The van der Waals surface area contributed by atoms with Crippen molar-refractivity contribution in [2.75, 3.05) is 17.7 Å². The Morgan fingerprint density at radius 1 is 0.759 bits per heavy atom. The maximum Gasteiger partial charge on any atom is 0.265 e. The average molecular weight is 390 g/mol. The highest BCUT2D eigenvalue weighted by Crippen LogP contribution is 2.17. The number of benzene rings is 3. The van der Waals surface area contributed by atoms with E-state index in [4.69, 9.17) is 9.47 Å². The van der Waals surface area contributed by atoms with Crippen molar-refractivity contribution in [2.24, 2.45) is 0 Å². The second kappa shape index (κ2) is 9.41. The van der Waals surface area contributed by atoms with E-state index in [0.717, 1.165) is 0 Å². The summed E-state index contributed by atoms with van der Waals surface area (Å²) in [5.41, 5.74) is 1.73. The predicted octanol–water partition coefficient (Wildman–Crippen LogP) is 4.35. The van der Waals surface area contributed by atoms with Crippen molar-refractivity contribution < 1.29 is 19.1 Å². The zero-order chi connectivity index (χ0) is 20.6. The summed E-state index contributed by atoms with van der Waals surface area (Å²) in [5, 5.41) is 5.59. The largest absolute Gasteiger partial charge is 0.497 e. The number of rotatable bonds is 7. The molecule has 0 spiro atoms. The summed E-state index contributed by atoms with van der Waals surface area (Å²) in [7, 11) is 1.59. The molecule has 6 nitrogen and oxygen atoms in total. The van der Waals surface area contributed by atoms with Crippen LogP contribution < -0.4 is 20.1 Å². The molecule has 3 aromatic rings. The number of hydrogen-bond donors (Lipinski definition) is 2. The number of nitrogens with one attached hydrogen (secondary N) is 2. The Morgan fingerprint density at radius 2 is 1.34 bits per heavy atom. The SMILES string of the molecule is COc1ccc(NC(=O)c2ccc(NC(=O)[C@@H](C)Oc3ccccc3)cc2)cc1. The highest BCUT2D eigenvalue weighted by molar-refractivity contribution is 6.04. The molecule has 3 aromatic carbocycles. The number of carbonyl (C=O) groups is 2. The Bertz CT molecular complexity index is 954. The van der Waals surface area contributed by atoms with Gasteiger partial charge in [0.2, 0.25) is 0 Å². The smallest absolute Gasteiger partial charge is 0.265 e. The molecule has 0 aliphatic rings. The molecule has 0 saturated carbocycles. The third-order valence-corrected chi connectivity index (χ3v) is 4.19. The predicted molar refractivity (Wildman–Crippen MR) is 113 cm³/mol. The fourth-order valence-electron chi connectivity index (χ4n) is 2.58. The Kier molecular flexibility index (Phi) is 6.47. The number of anilines is 2. The van der Waals surface area contributed by atoms with Crippen LogP contribution in [0, 0.1) is 0 Å². The topological polar surface area (TPSA) is 76.7 Å². The lowest BCUT2D eigenvalue weighted by atomic mass is 10.2. The molecule has 6 heteroatoms. The zero-order valence-electron chi connectivity index (χ0n) is 16.2. The molecule has 0 radical (unpaired) electrons. The third kappa shape index (κ3) is 5.59. The van der Waals surface area contributed by atoms with Gasteiger partial charge in [-0.1, -0.05) is 18.2 Å². The van der Waals surface area contributed by atoms with Crippen molar-refractivity contribution >= 4 is 23.2 Å². The first-order valence-corrected chi connectivity index (χ1v) is 9.13. The minimum absolute atomic E-state index is 0.242. The van der Waals surface area contributed by atoms with Crippen molar-refractivity contribution in [3.63, 3.8) is 0 Å². The summed E-state index contributed by atoms with van der Waals surface area (Å²) in [6, 6.07) is 22.9. The molecule has 1 atom stereocenters. The van der Waals surface area contributed by atoms with Gasteiger partial charge in [-0.3, -0.25) is 9.59 Å².